The minimum atomic E-state index is -3.68. The molecule has 3 aromatic rings. The van der Waals surface area contributed by atoms with Gasteiger partial charge in [0.2, 0.25) is 27.6 Å². The van der Waals surface area contributed by atoms with Gasteiger partial charge in [0.1, 0.15) is 11.8 Å². The SMILES string of the molecule is COc1cccc(-c2noc(CN(C)C(=O)[C@@H](C)N(c3ccccc3)S(C)(=O)=O)n2)c1. The predicted molar refractivity (Wildman–Crippen MR) is 116 cm³/mol. The lowest BCUT2D eigenvalue weighted by atomic mass is 10.2. The number of benzene rings is 2. The molecule has 0 aliphatic rings. The van der Waals surface area contributed by atoms with Crippen molar-refractivity contribution in [3.05, 3.63) is 60.5 Å². The molecule has 10 heteroatoms. The van der Waals surface area contributed by atoms with Crippen LogP contribution in [-0.4, -0.2) is 55.8 Å². The highest BCUT2D eigenvalue weighted by Gasteiger charge is 2.31. The Balaban J connectivity index is 1.76. The quantitative estimate of drug-likeness (QED) is 0.526. The van der Waals surface area contributed by atoms with E-state index in [1.54, 1.807) is 63.5 Å². The minimum absolute atomic E-state index is 0.0343. The molecule has 0 fully saturated rings. The lowest BCUT2D eigenvalue weighted by Gasteiger charge is -2.30. The van der Waals surface area contributed by atoms with E-state index in [-0.39, 0.29) is 12.4 Å². The van der Waals surface area contributed by atoms with Crippen molar-refractivity contribution in [1.29, 1.82) is 0 Å². The zero-order valence-corrected chi connectivity index (χ0v) is 18.5. The number of amides is 1. The van der Waals surface area contributed by atoms with Gasteiger partial charge in [0.05, 0.1) is 25.6 Å². The van der Waals surface area contributed by atoms with Gasteiger partial charge in [-0.25, -0.2) is 8.42 Å². The van der Waals surface area contributed by atoms with E-state index < -0.39 is 22.0 Å². The molecular weight excluding hydrogens is 420 g/mol. The lowest BCUT2D eigenvalue weighted by molar-refractivity contribution is -0.131. The molecule has 0 N–H and O–H groups in total. The molecule has 1 heterocycles. The summed E-state index contributed by atoms with van der Waals surface area (Å²) in [4.78, 5) is 18.7. The first-order valence-electron chi connectivity index (χ1n) is 9.47. The van der Waals surface area contributed by atoms with E-state index in [4.69, 9.17) is 9.26 Å². The highest BCUT2D eigenvalue weighted by atomic mass is 32.2. The molecule has 0 aliphatic heterocycles. The van der Waals surface area contributed by atoms with Crippen LogP contribution >= 0.6 is 0 Å². The first kappa shape index (κ1) is 22.3. The Labute approximate surface area is 181 Å². The van der Waals surface area contributed by atoms with E-state index in [0.29, 0.717) is 22.8 Å². The van der Waals surface area contributed by atoms with Crippen molar-refractivity contribution in [2.45, 2.75) is 19.5 Å². The third-order valence-corrected chi connectivity index (χ3v) is 5.86. The normalized spacial score (nSPS) is 12.3. The van der Waals surface area contributed by atoms with Crippen LogP contribution < -0.4 is 9.04 Å². The molecule has 1 atom stereocenters. The van der Waals surface area contributed by atoms with Gasteiger partial charge >= 0.3 is 0 Å². The molecule has 0 bridgehead atoms. The number of anilines is 1. The summed E-state index contributed by atoms with van der Waals surface area (Å²) in [6.45, 7) is 1.58. The van der Waals surface area contributed by atoms with E-state index in [1.807, 2.05) is 12.1 Å². The van der Waals surface area contributed by atoms with Crippen LogP contribution in [0.1, 0.15) is 12.8 Å². The van der Waals surface area contributed by atoms with Gasteiger partial charge in [-0.2, -0.15) is 4.98 Å². The Morgan fingerprint density at radius 1 is 1.16 bits per heavy atom. The lowest BCUT2D eigenvalue weighted by Crippen LogP contribution is -2.48. The van der Waals surface area contributed by atoms with Gasteiger partial charge in [0.15, 0.2) is 0 Å². The largest absolute Gasteiger partial charge is 0.497 e. The molecule has 0 spiro atoms. The monoisotopic (exact) mass is 444 g/mol. The number of carbonyl (C=O) groups is 1. The standard InChI is InChI=1S/C21H24N4O5S/c1-15(25(31(4,27)28)17-10-6-5-7-11-17)21(26)24(2)14-19-22-20(23-30-19)16-9-8-12-18(13-16)29-3/h5-13,15H,14H2,1-4H3/t15-/m1/s1. The van der Waals surface area contributed by atoms with Crippen LogP contribution in [0.3, 0.4) is 0 Å². The molecule has 3 rings (SSSR count). The highest BCUT2D eigenvalue weighted by Crippen LogP contribution is 2.23. The first-order valence-corrected chi connectivity index (χ1v) is 11.3. The molecule has 31 heavy (non-hydrogen) atoms. The maximum atomic E-state index is 13.0. The number of hydrogen-bond donors (Lipinski definition) is 0. The van der Waals surface area contributed by atoms with Gasteiger partial charge in [-0.3, -0.25) is 9.10 Å². The summed E-state index contributed by atoms with van der Waals surface area (Å²) in [6, 6.07) is 14.7. The second-order valence-corrected chi connectivity index (χ2v) is 8.87. The van der Waals surface area contributed by atoms with E-state index in [1.165, 1.54) is 4.90 Å². The Morgan fingerprint density at radius 2 is 1.87 bits per heavy atom. The van der Waals surface area contributed by atoms with Crippen molar-refractivity contribution in [1.82, 2.24) is 15.0 Å². The van der Waals surface area contributed by atoms with Crippen LogP contribution in [0.25, 0.3) is 11.4 Å². The number of hydrogen-bond acceptors (Lipinski definition) is 7. The molecule has 0 saturated carbocycles. The van der Waals surface area contributed by atoms with Gasteiger partial charge < -0.3 is 14.2 Å². The van der Waals surface area contributed by atoms with Crippen LogP contribution in [-0.2, 0) is 21.4 Å². The van der Waals surface area contributed by atoms with Crippen molar-refractivity contribution >= 4 is 21.6 Å². The number of ether oxygens (including phenoxy) is 1. The van der Waals surface area contributed by atoms with Crippen LogP contribution in [0, 0.1) is 0 Å². The summed E-state index contributed by atoms with van der Waals surface area (Å²) in [5, 5.41) is 3.96. The Bertz CT molecular complexity index is 1150. The van der Waals surface area contributed by atoms with Gasteiger partial charge in [-0.15, -0.1) is 0 Å². The summed E-state index contributed by atoms with van der Waals surface area (Å²) in [5.41, 5.74) is 1.13. The minimum Gasteiger partial charge on any atom is -0.497 e. The Morgan fingerprint density at radius 3 is 2.52 bits per heavy atom. The molecule has 0 unspecified atom stereocenters. The van der Waals surface area contributed by atoms with E-state index in [2.05, 4.69) is 10.1 Å². The number of carbonyl (C=O) groups excluding carboxylic acids is 1. The van der Waals surface area contributed by atoms with Crippen molar-refractivity contribution in [2.75, 3.05) is 24.7 Å². The second kappa shape index (κ2) is 9.17. The van der Waals surface area contributed by atoms with Crippen molar-refractivity contribution < 1.29 is 22.5 Å². The third kappa shape index (κ3) is 5.21. The average Bonchev–Trinajstić information content (AvgIpc) is 3.21. The van der Waals surface area contributed by atoms with Gasteiger partial charge in [0.25, 0.3) is 0 Å². The zero-order chi connectivity index (χ0) is 22.6. The average molecular weight is 445 g/mol. The van der Waals surface area contributed by atoms with Crippen LogP contribution in [0.4, 0.5) is 5.69 Å². The van der Waals surface area contributed by atoms with Crippen LogP contribution in [0.5, 0.6) is 5.75 Å². The van der Waals surface area contributed by atoms with Crippen molar-refractivity contribution in [3.63, 3.8) is 0 Å². The number of aromatic nitrogens is 2. The van der Waals surface area contributed by atoms with Gasteiger partial charge in [-0.05, 0) is 31.2 Å². The molecule has 2 aromatic carbocycles. The number of rotatable bonds is 8. The fraction of sp³-hybridized carbons (Fsp3) is 0.286. The third-order valence-electron chi connectivity index (χ3n) is 4.62. The smallest absolute Gasteiger partial charge is 0.246 e. The molecule has 0 aliphatic carbocycles. The predicted octanol–water partition coefficient (Wildman–Crippen LogP) is 2.56. The number of nitrogens with zero attached hydrogens (tertiary/aromatic N) is 4. The molecule has 0 radical (unpaired) electrons. The molecule has 164 valence electrons. The number of sulfonamides is 1. The Hall–Kier alpha value is -3.40. The molecule has 1 aromatic heterocycles. The van der Waals surface area contributed by atoms with Gasteiger partial charge in [0, 0.05) is 12.6 Å². The van der Waals surface area contributed by atoms with E-state index >= 15 is 0 Å². The maximum Gasteiger partial charge on any atom is 0.246 e. The number of methoxy groups -OCH3 is 1. The van der Waals surface area contributed by atoms with Crippen LogP contribution in [0.15, 0.2) is 59.1 Å². The topological polar surface area (TPSA) is 106 Å². The molecule has 0 saturated heterocycles. The summed E-state index contributed by atoms with van der Waals surface area (Å²) < 4.78 is 36.3. The highest BCUT2D eigenvalue weighted by molar-refractivity contribution is 7.92. The summed E-state index contributed by atoms with van der Waals surface area (Å²) in [7, 11) is -0.562. The Kier molecular flexibility index (Phi) is 6.59. The fourth-order valence-corrected chi connectivity index (χ4v) is 4.35. The van der Waals surface area contributed by atoms with Crippen LogP contribution in [0.2, 0.25) is 0 Å². The van der Waals surface area contributed by atoms with Crippen molar-refractivity contribution in [2.24, 2.45) is 0 Å². The molecule has 1 amide bonds. The molecule has 9 nitrogen and oxygen atoms in total. The number of para-hydroxylation sites is 1. The summed E-state index contributed by atoms with van der Waals surface area (Å²) in [5.74, 6) is 0.846. The number of likely N-dealkylation sites (N-methyl/N-ethyl adjacent to an activating group) is 1. The first-order chi connectivity index (χ1) is 14.7. The zero-order valence-electron chi connectivity index (χ0n) is 17.7. The van der Waals surface area contributed by atoms with Gasteiger partial charge in [-0.1, -0.05) is 35.5 Å². The maximum absolute atomic E-state index is 13.0. The van der Waals surface area contributed by atoms with E-state index in [9.17, 15) is 13.2 Å². The van der Waals surface area contributed by atoms with Crippen molar-refractivity contribution in [3.8, 4) is 17.1 Å². The summed E-state index contributed by atoms with van der Waals surface area (Å²) >= 11 is 0. The summed E-state index contributed by atoms with van der Waals surface area (Å²) in [6.07, 6.45) is 1.07. The molecular formula is C21H24N4O5S. The fourth-order valence-electron chi connectivity index (χ4n) is 3.18. The van der Waals surface area contributed by atoms with E-state index in [0.717, 1.165) is 10.6 Å². The second-order valence-electron chi connectivity index (χ2n) is 7.01.